The second-order valence-electron chi connectivity index (χ2n) is 6.12. The smallest absolute Gasteiger partial charge is 0.0369 e. The predicted molar refractivity (Wildman–Crippen MR) is 83.7 cm³/mol. The van der Waals surface area contributed by atoms with E-state index in [0.29, 0.717) is 6.04 Å². The van der Waals surface area contributed by atoms with Crippen molar-refractivity contribution >= 4 is 5.69 Å². The Hall–Kier alpha value is -1.02. The molecular weight excluding hydrogens is 232 g/mol. The van der Waals surface area contributed by atoms with E-state index < -0.39 is 0 Å². The summed E-state index contributed by atoms with van der Waals surface area (Å²) in [6.45, 7) is 8.01. The van der Waals surface area contributed by atoms with Gasteiger partial charge in [0.1, 0.15) is 0 Å². The van der Waals surface area contributed by atoms with Gasteiger partial charge in [0.2, 0.25) is 0 Å². The standard InChI is InChI=1S/C17H28N2/c1-5-17(18-4)14-6-8-15(9-7-14)19(12-13(2)3)16-10-11-16/h6-9,13,16-18H,5,10-12H2,1-4H3. The first-order valence-corrected chi connectivity index (χ1v) is 7.69. The monoisotopic (exact) mass is 260 g/mol. The average molecular weight is 260 g/mol. The number of anilines is 1. The molecule has 0 heterocycles. The molecule has 1 aromatic rings. The van der Waals surface area contributed by atoms with Gasteiger partial charge in [0, 0.05) is 24.3 Å². The molecule has 1 aliphatic carbocycles. The van der Waals surface area contributed by atoms with Gasteiger partial charge >= 0.3 is 0 Å². The van der Waals surface area contributed by atoms with Crippen LogP contribution in [0.25, 0.3) is 0 Å². The molecule has 2 nitrogen and oxygen atoms in total. The van der Waals surface area contributed by atoms with Crippen LogP contribution in [0.4, 0.5) is 5.69 Å². The van der Waals surface area contributed by atoms with Crippen molar-refractivity contribution in [2.75, 3.05) is 18.5 Å². The first kappa shape index (κ1) is 14.4. The molecule has 2 rings (SSSR count). The van der Waals surface area contributed by atoms with E-state index in [2.05, 4.69) is 55.3 Å². The van der Waals surface area contributed by atoms with E-state index in [9.17, 15) is 0 Å². The molecule has 0 radical (unpaired) electrons. The van der Waals surface area contributed by atoms with Crippen molar-refractivity contribution in [3.8, 4) is 0 Å². The van der Waals surface area contributed by atoms with Gasteiger partial charge in [-0.15, -0.1) is 0 Å². The Balaban J connectivity index is 2.11. The van der Waals surface area contributed by atoms with Gasteiger partial charge in [0.25, 0.3) is 0 Å². The van der Waals surface area contributed by atoms with E-state index in [1.807, 2.05) is 7.05 Å². The lowest BCUT2D eigenvalue weighted by molar-refractivity contribution is 0.576. The van der Waals surface area contributed by atoms with Crippen LogP contribution in [0.2, 0.25) is 0 Å². The third-order valence-electron chi connectivity index (χ3n) is 3.93. The van der Waals surface area contributed by atoms with Crippen LogP contribution >= 0.6 is 0 Å². The van der Waals surface area contributed by atoms with E-state index in [-0.39, 0.29) is 0 Å². The Morgan fingerprint density at radius 3 is 2.26 bits per heavy atom. The van der Waals surface area contributed by atoms with E-state index in [1.54, 1.807) is 0 Å². The highest BCUT2D eigenvalue weighted by molar-refractivity contribution is 5.50. The lowest BCUT2D eigenvalue weighted by Gasteiger charge is -2.27. The highest BCUT2D eigenvalue weighted by Crippen LogP contribution is 2.33. The zero-order chi connectivity index (χ0) is 13.8. The van der Waals surface area contributed by atoms with Crippen LogP contribution in [0.5, 0.6) is 0 Å². The molecule has 1 fully saturated rings. The largest absolute Gasteiger partial charge is 0.368 e. The minimum absolute atomic E-state index is 0.480. The summed E-state index contributed by atoms with van der Waals surface area (Å²) in [6.07, 6.45) is 3.86. The summed E-state index contributed by atoms with van der Waals surface area (Å²) in [6, 6.07) is 10.4. The Morgan fingerprint density at radius 1 is 1.21 bits per heavy atom. The Morgan fingerprint density at radius 2 is 1.84 bits per heavy atom. The molecule has 0 aromatic heterocycles. The average Bonchev–Trinajstić information content (AvgIpc) is 3.22. The second kappa shape index (κ2) is 6.42. The number of rotatable bonds is 7. The summed E-state index contributed by atoms with van der Waals surface area (Å²) in [5, 5.41) is 3.37. The molecule has 106 valence electrons. The Labute approximate surface area is 118 Å². The van der Waals surface area contributed by atoms with Gasteiger partial charge in [-0.1, -0.05) is 32.9 Å². The Bertz CT molecular complexity index is 375. The minimum atomic E-state index is 0.480. The van der Waals surface area contributed by atoms with Gasteiger partial charge in [-0.3, -0.25) is 0 Å². The van der Waals surface area contributed by atoms with E-state index in [0.717, 1.165) is 18.4 Å². The highest BCUT2D eigenvalue weighted by Gasteiger charge is 2.29. The fourth-order valence-corrected chi connectivity index (χ4v) is 2.75. The normalized spacial score (nSPS) is 16.7. The van der Waals surface area contributed by atoms with Crippen LogP contribution in [0.15, 0.2) is 24.3 Å². The Kier molecular flexibility index (Phi) is 4.87. The van der Waals surface area contributed by atoms with Crippen molar-refractivity contribution in [2.45, 2.75) is 52.1 Å². The number of benzene rings is 1. The SMILES string of the molecule is CCC(NC)c1ccc(N(CC(C)C)C2CC2)cc1. The second-order valence-corrected chi connectivity index (χ2v) is 6.12. The first-order chi connectivity index (χ1) is 9.15. The zero-order valence-electron chi connectivity index (χ0n) is 12.8. The fourth-order valence-electron chi connectivity index (χ4n) is 2.75. The first-order valence-electron chi connectivity index (χ1n) is 7.69. The molecular formula is C17H28N2. The third kappa shape index (κ3) is 3.73. The fraction of sp³-hybridized carbons (Fsp3) is 0.647. The molecule has 1 unspecified atom stereocenters. The summed E-state index contributed by atoms with van der Waals surface area (Å²) in [5.74, 6) is 0.723. The molecule has 1 N–H and O–H groups in total. The van der Waals surface area contributed by atoms with E-state index in [1.165, 1.54) is 30.6 Å². The summed E-state index contributed by atoms with van der Waals surface area (Å²) in [7, 11) is 2.04. The lowest BCUT2D eigenvalue weighted by atomic mass is 10.0. The minimum Gasteiger partial charge on any atom is -0.368 e. The van der Waals surface area contributed by atoms with Crippen molar-refractivity contribution in [1.29, 1.82) is 0 Å². The molecule has 19 heavy (non-hydrogen) atoms. The van der Waals surface area contributed by atoms with Crippen molar-refractivity contribution < 1.29 is 0 Å². The van der Waals surface area contributed by atoms with Crippen LogP contribution in [-0.2, 0) is 0 Å². The maximum absolute atomic E-state index is 3.37. The van der Waals surface area contributed by atoms with Crippen molar-refractivity contribution in [3.63, 3.8) is 0 Å². The summed E-state index contributed by atoms with van der Waals surface area (Å²) in [5.41, 5.74) is 2.79. The summed E-state index contributed by atoms with van der Waals surface area (Å²) >= 11 is 0. The maximum Gasteiger partial charge on any atom is 0.0369 e. The molecule has 1 aliphatic rings. The predicted octanol–water partition coefficient (Wildman–Crippen LogP) is 3.98. The number of nitrogens with zero attached hydrogens (tertiary/aromatic N) is 1. The van der Waals surface area contributed by atoms with Crippen LogP contribution < -0.4 is 10.2 Å². The molecule has 0 aliphatic heterocycles. The number of nitrogens with one attached hydrogen (secondary N) is 1. The molecule has 0 amide bonds. The topological polar surface area (TPSA) is 15.3 Å². The molecule has 0 bridgehead atoms. The molecule has 1 atom stereocenters. The van der Waals surface area contributed by atoms with Gasteiger partial charge in [-0.2, -0.15) is 0 Å². The molecule has 0 spiro atoms. The van der Waals surface area contributed by atoms with Crippen LogP contribution in [0, 0.1) is 5.92 Å². The lowest BCUT2D eigenvalue weighted by Crippen LogP contribution is -2.29. The van der Waals surface area contributed by atoms with E-state index in [4.69, 9.17) is 0 Å². The van der Waals surface area contributed by atoms with Gasteiger partial charge in [-0.05, 0) is 49.9 Å². The van der Waals surface area contributed by atoms with Gasteiger partial charge in [-0.25, -0.2) is 0 Å². The van der Waals surface area contributed by atoms with Gasteiger partial charge < -0.3 is 10.2 Å². The van der Waals surface area contributed by atoms with Gasteiger partial charge in [0.15, 0.2) is 0 Å². The molecule has 2 heteroatoms. The molecule has 1 saturated carbocycles. The van der Waals surface area contributed by atoms with Crippen molar-refractivity contribution in [3.05, 3.63) is 29.8 Å². The molecule has 1 aromatic carbocycles. The van der Waals surface area contributed by atoms with Crippen molar-refractivity contribution in [2.24, 2.45) is 5.92 Å². The summed E-state index contributed by atoms with van der Waals surface area (Å²) in [4.78, 5) is 2.59. The zero-order valence-corrected chi connectivity index (χ0v) is 12.8. The maximum atomic E-state index is 3.37. The van der Waals surface area contributed by atoms with E-state index >= 15 is 0 Å². The molecule has 0 saturated heterocycles. The van der Waals surface area contributed by atoms with Gasteiger partial charge in [0.05, 0.1) is 0 Å². The van der Waals surface area contributed by atoms with Crippen LogP contribution in [0.1, 0.15) is 51.6 Å². The third-order valence-corrected chi connectivity index (χ3v) is 3.93. The summed E-state index contributed by atoms with van der Waals surface area (Å²) < 4.78 is 0. The number of hydrogen-bond donors (Lipinski definition) is 1. The van der Waals surface area contributed by atoms with Crippen LogP contribution in [-0.4, -0.2) is 19.6 Å². The highest BCUT2D eigenvalue weighted by atomic mass is 15.2. The van der Waals surface area contributed by atoms with Crippen LogP contribution in [0.3, 0.4) is 0 Å². The number of hydrogen-bond acceptors (Lipinski definition) is 2. The quantitative estimate of drug-likeness (QED) is 0.797. The van der Waals surface area contributed by atoms with Crippen molar-refractivity contribution in [1.82, 2.24) is 5.32 Å².